The molecule has 0 radical (unpaired) electrons. The van der Waals surface area contributed by atoms with Crippen molar-refractivity contribution in [3.63, 3.8) is 0 Å². The predicted molar refractivity (Wildman–Crippen MR) is 95.1 cm³/mol. The zero-order chi connectivity index (χ0) is 19.1. The zero-order valence-corrected chi connectivity index (χ0v) is 15.9. The van der Waals surface area contributed by atoms with E-state index >= 15 is 0 Å². The molecule has 2 rings (SSSR count). The highest BCUT2D eigenvalue weighted by molar-refractivity contribution is 6.42. The van der Waals surface area contributed by atoms with Gasteiger partial charge in [-0.2, -0.15) is 9.59 Å². The molecule has 1 atom stereocenters. The fourth-order valence-electron chi connectivity index (χ4n) is 2.97. The van der Waals surface area contributed by atoms with Crippen molar-refractivity contribution in [2.75, 3.05) is 7.11 Å². The maximum absolute atomic E-state index is 12.3. The molecule has 0 aliphatic carbocycles. The number of esters is 1. The average molecular weight is 384 g/mol. The highest BCUT2D eigenvalue weighted by atomic mass is 35.5. The summed E-state index contributed by atoms with van der Waals surface area (Å²) in [6.07, 6.45) is 1.04. The summed E-state index contributed by atoms with van der Waals surface area (Å²) in [5, 5.41) is 4.22. The molecule has 0 aromatic heterocycles. The van der Waals surface area contributed by atoms with Crippen LogP contribution in [0.3, 0.4) is 0 Å². The van der Waals surface area contributed by atoms with E-state index in [2.05, 4.69) is 12.2 Å². The molecule has 0 saturated carbocycles. The van der Waals surface area contributed by atoms with Gasteiger partial charge in [0.1, 0.15) is 0 Å². The van der Waals surface area contributed by atoms with Gasteiger partial charge in [0.2, 0.25) is 0 Å². The number of allylic oxidation sites excluding steroid dienone is 3. The van der Waals surface area contributed by atoms with Gasteiger partial charge in [-0.1, -0.05) is 42.3 Å². The Hall–Kier alpha value is -2.07. The Morgan fingerprint density at radius 1 is 1.24 bits per heavy atom. The first-order valence-electron chi connectivity index (χ1n) is 7.52. The van der Waals surface area contributed by atoms with Crippen LogP contribution in [0, 0.1) is 0 Å². The highest BCUT2D eigenvalue weighted by Gasteiger charge is 2.34. The molecule has 1 aromatic carbocycles. The van der Waals surface area contributed by atoms with E-state index in [0.29, 0.717) is 15.6 Å². The molecular weight excluding hydrogens is 365 g/mol. The summed E-state index contributed by atoms with van der Waals surface area (Å²) in [6, 6.07) is 5.49. The molecule has 1 aromatic rings. The van der Waals surface area contributed by atoms with Crippen LogP contribution < -0.4 is 5.32 Å². The van der Waals surface area contributed by atoms with E-state index in [-0.39, 0.29) is 18.0 Å². The summed E-state index contributed by atoms with van der Waals surface area (Å²) in [5.41, 5.74) is 4.33. The maximum atomic E-state index is 12.3. The van der Waals surface area contributed by atoms with E-state index in [0.717, 1.165) is 29.0 Å². The molecule has 0 spiro atoms. The molecule has 0 bridgehead atoms. The second kappa shape index (κ2) is 9.42. The Morgan fingerprint density at radius 3 is 2.36 bits per heavy atom. The molecule has 25 heavy (non-hydrogen) atoms. The van der Waals surface area contributed by atoms with Crippen molar-refractivity contribution >= 4 is 35.3 Å². The van der Waals surface area contributed by atoms with E-state index in [9.17, 15) is 4.79 Å². The number of rotatable bonds is 3. The molecule has 1 heterocycles. The molecule has 0 saturated heterocycles. The highest BCUT2D eigenvalue weighted by Crippen LogP contribution is 2.43. The molecule has 1 aliphatic heterocycles. The Morgan fingerprint density at radius 2 is 1.84 bits per heavy atom. The standard InChI is InChI=1S/C17H19Cl2NO2.CO2/c1-5-11-9(2)20-10(3)14(17(21)22-4)15(11)12-7-6-8-13(18)16(12)19;2-1-3/h6-8,15,20H,5H2,1-4H3;. The number of hydrogen-bond acceptors (Lipinski definition) is 5. The van der Waals surface area contributed by atoms with Gasteiger partial charge < -0.3 is 10.1 Å². The van der Waals surface area contributed by atoms with Crippen LogP contribution in [0.1, 0.15) is 38.7 Å². The first-order chi connectivity index (χ1) is 11.8. The Labute approximate surface area is 156 Å². The number of carbonyl (C=O) groups is 1. The molecule has 1 N–H and O–H groups in total. The van der Waals surface area contributed by atoms with Crippen LogP contribution in [-0.2, 0) is 19.1 Å². The third kappa shape index (κ3) is 4.51. The van der Waals surface area contributed by atoms with Crippen molar-refractivity contribution in [1.29, 1.82) is 0 Å². The lowest BCUT2D eigenvalue weighted by Crippen LogP contribution is -2.28. The van der Waals surface area contributed by atoms with Gasteiger partial charge in [0.05, 0.1) is 22.7 Å². The normalized spacial score (nSPS) is 16.5. The number of hydrogen-bond donors (Lipinski definition) is 1. The van der Waals surface area contributed by atoms with E-state index in [4.69, 9.17) is 37.5 Å². The monoisotopic (exact) mass is 383 g/mol. The van der Waals surface area contributed by atoms with Gasteiger partial charge in [-0.25, -0.2) is 4.79 Å². The van der Waals surface area contributed by atoms with Gasteiger partial charge in [-0.05, 0) is 37.5 Å². The summed E-state index contributed by atoms with van der Waals surface area (Å²) in [6.45, 7) is 5.93. The van der Waals surface area contributed by atoms with Crippen molar-refractivity contribution in [3.05, 3.63) is 56.3 Å². The third-order valence-electron chi connectivity index (χ3n) is 3.98. The Bertz CT molecular complexity index is 762. The van der Waals surface area contributed by atoms with E-state index in [1.807, 2.05) is 26.0 Å². The van der Waals surface area contributed by atoms with Crippen LogP contribution in [0.2, 0.25) is 10.0 Å². The fraction of sp³-hybridized carbons (Fsp3) is 0.333. The van der Waals surface area contributed by atoms with Crippen molar-refractivity contribution < 1.29 is 19.1 Å². The number of nitrogens with one attached hydrogen (secondary N) is 1. The number of carbonyl (C=O) groups excluding carboxylic acids is 3. The summed E-state index contributed by atoms with van der Waals surface area (Å²) in [4.78, 5) is 28.6. The lowest BCUT2D eigenvalue weighted by molar-refractivity contribution is -0.191. The van der Waals surface area contributed by atoms with Gasteiger partial charge in [-0.3, -0.25) is 0 Å². The molecule has 1 unspecified atom stereocenters. The van der Waals surface area contributed by atoms with E-state index < -0.39 is 0 Å². The minimum atomic E-state index is -0.357. The molecule has 0 amide bonds. The van der Waals surface area contributed by atoms with Crippen LogP contribution in [0.5, 0.6) is 0 Å². The summed E-state index contributed by atoms with van der Waals surface area (Å²) >= 11 is 12.6. The Kier molecular flexibility index (Phi) is 7.91. The number of ether oxygens (including phenoxy) is 1. The number of dihydropyridines is 1. The first-order valence-corrected chi connectivity index (χ1v) is 8.28. The van der Waals surface area contributed by atoms with Crippen LogP contribution >= 0.6 is 23.2 Å². The van der Waals surface area contributed by atoms with Gasteiger partial charge in [-0.15, -0.1) is 0 Å². The van der Waals surface area contributed by atoms with Crippen molar-refractivity contribution in [1.82, 2.24) is 5.32 Å². The number of halogens is 2. The second-order valence-electron chi connectivity index (χ2n) is 5.32. The van der Waals surface area contributed by atoms with E-state index in [1.165, 1.54) is 7.11 Å². The van der Waals surface area contributed by atoms with Crippen molar-refractivity contribution in [3.8, 4) is 0 Å². The lowest BCUT2D eigenvalue weighted by Gasteiger charge is -2.31. The van der Waals surface area contributed by atoms with Crippen LogP contribution in [-0.4, -0.2) is 19.2 Å². The van der Waals surface area contributed by atoms with Crippen LogP contribution in [0.4, 0.5) is 0 Å². The smallest absolute Gasteiger partial charge is 0.373 e. The maximum Gasteiger partial charge on any atom is 0.373 e. The second-order valence-corrected chi connectivity index (χ2v) is 6.10. The average Bonchev–Trinajstić information content (AvgIpc) is 2.57. The van der Waals surface area contributed by atoms with Crippen molar-refractivity contribution in [2.45, 2.75) is 33.1 Å². The summed E-state index contributed by atoms with van der Waals surface area (Å²) < 4.78 is 4.97. The van der Waals surface area contributed by atoms with Crippen LogP contribution in [0.25, 0.3) is 0 Å². The zero-order valence-electron chi connectivity index (χ0n) is 14.4. The molecule has 7 heteroatoms. The van der Waals surface area contributed by atoms with Crippen LogP contribution in [0.15, 0.2) is 40.7 Å². The molecular formula is C18H19Cl2NO4. The van der Waals surface area contributed by atoms with Crippen molar-refractivity contribution in [2.24, 2.45) is 0 Å². The minimum Gasteiger partial charge on any atom is -0.466 e. The largest absolute Gasteiger partial charge is 0.466 e. The molecule has 5 nitrogen and oxygen atoms in total. The van der Waals surface area contributed by atoms with Gasteiger partial charge in [0, 0.05) is 17.3 Å². The molecule has 134 valence electrons. The molecule has 0 fully saturated rings. The SMILES string of the molecule is CCC1=C(C)NC(C)=C(C(=O)OC)C1c1cccc(Cl)c1Cl.O=C=O. The van der Waals surface area contributed by atoms with Gasteiger partial charge in [0.25, 0.3) is 0 Å². The fourth-order valence-corrected chi connectivity index (χ4v) is 3.39. The quantitative estimate of drug-likeness (QED) is 0.790. The number of benzene rings is 1. The van der Waals surface area contributed by atoms with Gasteiger partial charge >= 0.3 is 12.1 Å². The Balaban J connectivity index is 0.000000970. The first kappa shape index (κ1) is 21.0. The predicted octanol–water partition coefficient (Wildman–Crippen LogP) is 4.23. The summed E-state index contributed by atoms with van der Waals surface area (Å²) in [5.74, 6) is -0.602. The van der Waals surface area contributed by atoms with E-state index in [1.54, 1.807) is 6.07 Å². The van der Waals surface area contributed by atoms with Gasteiger partial charge in [0.15, 0.2) is 0 Å². The molecule has 1 aliphatic rings. The lowest BCUT2D eigenvalue weighted by atomic mass is 9.79. The summed E-state index contributed by atoms with van der Waals surface area (Å²) in [7, 11) is 1.38. The minimum absolute atomic E-state index is 0.245. The topological polar surface area (TPSA) is 72.5 Å². The number of methoxy groups -OCH3 is 1. The third-order valence-corrected chi connectivity index (χ3v) is 4.81.